The number of carbonyl (C=O) groups excluding carboxylic acids is 2. The Kier molecular flexibility index (Phi) is 6.99. The van der Waals surface area contributed by atoms with Crippen LogP contribution in [0.2, 0.25) is 0 Å². The van der Waals surface area contributed by atoms with Gasteiger partial charge in [0.25, 0.3) is 0 Å². The van der Waals surface area contributed by atoms with Crippen molar-refractivity contribution in [2.24, 2.45) is 0 Å². The van der Waals surface area contributed by atoms with Crippen molar-refractivity contribution in [3.63, 3.8) is 0 Å². The predicted octanol–water partition coefficient (Wildman–Crippen LogP) is 3.26. The molecular weight excluding hydrogens is 336 g/mol. The van der Waals surface area contributed by atoms with Gasteiger partial charge in [-0.2, -0.15) is 0 Å². The van der Waals surface area contributed by atoms with E-state index in [0.717, 1.165) is 10.6 Å². The number of benzene rings is 2. The number of rotatable bonds is 7. The van der Waals surface area contributed by atoms with Gasteiger partial charge < -0.3 is 14.8 Å². The standard InChI is InChI=1S/C19H22N2O5/c1-14(22)26-17-9-7-15(8-10-17)11-12-25-18-6-4-5-16(13-18)20-19(23)21(2)24-3/h4-10,13H,11-12H2,1-3H3,(H,20,23). The molecule has 0 saturated carbocycles. The van der Waals surface area contributed by atoms with Crippen LogP contribution in [0.5, 0.6) is 11.5 Å². The highest BCUT2D eigenvalue weighted by atomic mass is 16.7. The summed E-state index contributed by atoms with van der Waals surface area (Å²) in [6.07, 6.45) is 0.698. The Balaban J connectivity index is 1.85. The van der Waals surface area contributed by atoms with Gasteiger partial charge in [-0.3, -0.25) is 9.63 Å². The summed E-state index contributed by atoms with van der Waals surface area (Å²) in [7, 11) is 2.93. The van der Waals surface area contributed by atoms with Crippen molar-refractivity contribution < 1.29 is 23.9 Å². The van der Waals surface area contributed by atoms with Crippen LogP contribution in [-0.4, -0.2) is 37.8 Å². The van der Waals surface area contributed by atoms with Gasteiger partial charge in [-0.15, -0.1) is 0 Å². The van der Waals surface area contributed by atoms with Crippen molar-refractivity contribution in [3.05, 3.63) is 54.1 Å². The molecule has 2 aromatic rings. The van der Waals surface area contributed by atoms with E-state index in [1.807, 2.05) is 18.2 Å². The third-order valence-electron chi connectivity index (χ3n) is 3.49. The van der Waals surface area contributed by atoms with E-state index in [2.05, 4.69) is 5.32 Å². The number of carbonyl (C=O) groups is 2. The number of hydrogen-bond donors (Lipinski definition) is 1. The van der Waals surface area contributed by atoms with Gasteiger partial charge in [0.05, 0.1) is 13.7 Å². The summed E-state index contributed by atoms with van der Waals surface area (Å²) in [5, 5.41) is 3.79. The number of hydrogen-bond acceptors (Lipinski definition) is 5. The molecule has 2 aromatic carbocycles. The first kappa shape index (κ1) is 19.3. The average molecular weight is 358 g/mol. The second kappa shape index (κ2) is 9.43. The minimum Gasteiger partial charge on any atom is -0.493 e. The largest absolute Gasteiger partial charge is 0.493 e. The van der Waals surface area contributed by atoms with E-state index >= 15 is 0 Å². The van der Waals surface area contributed by atoms with Crippen LogP contribution >= 0.6 is 0 Å². The molecule has 0 spiro atoms. The highest BCUT2D eigenvalue weighted by molar-refractivity contribution is 5.88. The second-order valence-corrected chi connectivity index (χ2v) is 5.47. The van der Waals surface area contributed by atoms with Crippen molar-refractivity contribution in [1.29, 1.82) is 0 Å². The molecule has 7 nitrogen and oxygen atoms in total. The lowest BCUT2D eigenvalue weighted by Crippen LogP contribution is -2.30. The molecule has 0 fully saturated rings. The molecule has 26 heavy (non-hydrogen) atoms. The van der Waals surface area contributed by atoms with Crippen LogP contribution in [0.3, 0.4) is 0 Å². The number of esters is 1. The molecule has 0 aliphatic carbocycles. The Morgan fingerprint density at radius 2 is 1.81 bits per heavy atom. The lowest BCUT2D eigenvalue weighted by molar-refractivity contribution is -0.131. The van der Waals surface area contributed by atoms with Crippen LogP contribution in [0.25, 0.3) is 0 Å². The molecule has 0 aromatic heterocycles. The van der Waals surface area contributed by atoms with Crippen LogP contribution < -0.4 is 14.8 Å². The molecular formula is C19H22N2O5. The predicted molar refractivity (Wildman–Crippen MR) is 97.2 cm³/mol. The van der Waals surface area contributed by atoms with E-state index in [1.54, 1.807) is 30.3 Å². The average Bonchev–Trinajstić information content (AvgIpc) is 2.62. The number of nitrogens with zero attached hydrogens (tertiary/aromatic N) is 1. The fourth-order valence-electron chi connectivity index (χ4n) is 2.13. The number of urea groups is 1. The number of ether oxygens (including phenoxy) is 2. The van der Waals surface area contributed by atoms with Gasteiger partial charge in [-0.1, -0.05) is 18.2 Å². The van der Waals surface area contributed by atoms with Gasteiger partial charge in [-0.25, -0.2) is 9.86 Å². The van der Waals surface area contributed by atoms with Gasteiger partial charge in [0.2, 0.25) is 0 Å². The molecule has 0 bridgehead atoms. The molecule has 1 N–H and O–H groups in total. The minimum atomic E-state index is -0.377. The third-order valence-corrected chi connectivity index (χ3v) is 3.49. The van der Waals surface area contributed by atoms with Crippen LogP contribution in [0.15, 0.2) is 48.5 Å². The zero-order chi connectivity index (χ0) is 18.9. The summed E-state index contributed by atoms with van der Waals surface area (Å²) in [4.78, 5) is 27.5. The van der Waals surface area contributed by atoms with E-state index in [1.165, 1.54) is 21.1 Å². The van der Waals surface area contributed by atoms with Crippen molar-refractivity contribution in [2.45, 2.75) is 13.3 Å². The van der Waals surface area contributed by atoms with Crippen molar-refractivity contribution in [1.82, 2.24) is 5.06 Å². The van der Waals surface area contributed by atoms with Crippen LogP contribution in [0, 0.1) is 0 Å². The molecule has 2 amide bonds. The third kappa shape index (κ3) is 6.10. The monoisotopic (exact) mass is 358 g/mol. The molecule has 0 heterocycles. The van der Waals surface area contributed by atoms with Gasteiger partial charge >= 0.3 is 12.0 Å². The summed E-state index contributed by atoms with van der Waals surface area (Å²) in [6.45, 7) is 1.84. The molecule has 0 radical (unpaired) electrons. The quantitative estimate of drug-likeness (QED) is 0.467. The first-order chi connectivity index (χ1) is 12.5. The highest BCUT2D eigenvalue weighted by Crippen LogP contribution is 2.18. The normalized spacial score (nSPS) is 10.1. The molecule has 0 unspecified atom stereocenters. The highest BCUT2D eigenvalue weighted by Gasteiger charge is 2.08. The zero-order valence-corrected chi connectivity index (χ0v) is 15.0. The molecule has 2 rings (SSSR count). The minimum absolute atomic E-state index is 0.343. The Bertz CT molecular complexity index is 746. The van der Waals surface area contributed by atoms with Crippen molar-refractivity contribution in [3.8, 4) is 11.5 Å². The molecule has 7 heteroatoms. The smallest absolute Gasteiger partial charge is 0.345 e. The lowest BCUT2D eigenvalue weighted by atomic mass is 10.1. The van der Waals surface area contributed by atoms with Crippen LogP contribution in [0.1, 0.15) is 12.5 Å². The lowest BCUT2D eigenvalue weighted by Gasteiger charge is -2.15. The summed E-state index contributed by atoms with van der Waals surface area (Å²) in [5.74, 6) is 0.829. The Labute approximate surface area is 152 Å². The van der Waals surface area contributed by atoms with E-state index < -0.39 is 0 Å². The second-order valence-electron chi connectivity index (χ2n) is 5.47. The van der Waals surface area contributed by atoms with Crippen LogP contribution in [0.4, 0.5) is 10.5 Å². The molecule has 0 aliphatic rings. The Morgan fingerprint density at radius 3 is 2.46 bits per heavy atom. The SMILES string of the molecule is CON(C)C(=O)Nc1cccc(OCCc2ccc(OC(C)=O)cc2)c1. The maximum Gasteiger partial charge on any atom is 0.345 e. The van der Waals surface area contributed by atoms with E-state index in [4.69, 9.17) is 14.3 Å². The Hall–Kier alpha value is -3.06. The molecule has 0 saturated heterocycles. The summed E-state index contributed by atoms with van der Waals surface area (Å²) in [6, 6.07) is 14.0. The number of hydroxylamine groups is 2. The van der Waals surface area contributed by atoms with E-state index in [9.17, 15) is 9.59 Å². The number of anilines is 1. The fraction of sp³-hybridized carbons (Fsp3) is 0.263. The molecule has 0 aliphatic heterocycles. The van der Waals surface area contributed by atoms with Crippen LogP contribution in [-0.2, 0) is 16.1 Å². The first-order valence-corrected chi connectivity index (χ1v) is 8.07. The maximum absolute atomic E-state index is 11.8. The van der Waals surface area contributed by atoms with Gasteiger partial charge in [0, 0.05) is 32.1 Å². The maximum atomic E-state index is 11.8. The van der Waals surface area contributed by atoms with Crippen molar-refractivity contribution in [2.75, 3.05) is 26.1 Å². The van der Waals surface area contributed by atoms with Gasteiger partial charge in [0.15, 0.2) is 0 Å². The van der Waals surface area contributed by atoms with Gasteiger partial charge in [-0.05, 0) is 29.8 Å². The molecule has 0 atom stereocenters. The van der Waals surface area contributed by atoms with Gasteiger partial charge in [0.1, 0.15) is 11.5 Å². The first-order valence-electron chi connectivity index (χ1n) is 8.07. The van der Waals surface area contributed by atoms with Crippen molar-refractivity contribution >= 4 is 17.7 Å². The summed E-state index contributed by atoms with van der Waals surface area (Å²) >= 11 is 0. The zero-order valence-electron chi connectivity index (χ0n) is 15.0. The number of nitrogens with one attached hydrogen (secondary N) is 1. The summed E-state index contributed by atoms with van der Waals surface area (Å²) in [5.41, 5.74) is 1.68. The molecule has 138 valence electrons. The fourth-order valence-corrected chi connectivity index (χ4v) is 2.13. The summed E-state index contributed by atoms with van der Waals surface area (Å²) < 4.78 is 10.7. The topological polar surface area (TPSA) is 77.1 Å². The Morgan fingerprint density at radius 1 is 1.08 bits per heavy atom. The van der Waals surface area contributed by atoms with E-state index in [-0.39, 0.29) is 12.0 Å². The van der Waals surface area contributed by atoms with E-state index in [0.29, 0.717) is 30.2 Å². The number of amides is 2.